The molecule has 2 heterocycles. The van der Waals surface area contributed by atoms with Gasteiger partial charge in [-0.1, -0.05) is 25.3 Å². The highest BCUT2D eigenvalue weighted by Crippen LogP contribution is 2.28. The molecular weight excluding hydrogens is 264 g/mol. The van der Waals surface area contributed by atoms with E-state index in [-0.39, 0.29) is 5.91 Å². The lowest BCUT2D eigenvalue weighted by molar-refractivity contribution is -0.125. The standard InChI is InChI=1S/C16H22N4O/c1-12-6-5-7-14-19-13(11-20(12)14)10-18-16(15(17)21)8-3-2-4-9-16/h5-7,11,18H,2-4,8-10H2,1H3,(H2,17,21). The van der Waals surface area contributed by atoms with Gasteiger partial charge in [-0.2, -0.15) is 0 Å². The van der Waals surface area contributed by atoms with Gasteiger partial charge in [0.1, 0.15) is 5.65 Å². The average Bonchev–Trinajstić information content (AvgIpc) is 2.91. The molecule has 112 valence electrons. The summed E-state index contributed by atoms with van der Waals surface area (Å²) < 4.78 is 2.06. The smallest absolute Gasteiger partial charge is 0.237 e. The lowest BCUT2D eigenvalue weighted by atomic mass is 9.81. The van der Waals surface area contributed by atoms with Crippen molar-refractivity contribution in [2.45, 2.75) is 51.1 Å². The molecule has 0 unspecified atom stereocenters. The second-order valence-electron chi connectivity index (χ2n) is 5.99. The molecule has 0 aromatic carbocycles. The zero-order valence-electron chi connectivity index (χ0n) is 12.4. The third kappa shape index (κ3) is 2.65. The summed E-state index contributed by atoms with van der Waals surface area (Å²) in [6, 6.07) is 6.04. The molecule has 1 saturated carbocycles. The van der Waals surface area contributed by atoms with Crippen molar-refractivity contribution in [3.05, 3.63) is 35.8 Å². The summed E-state index contributed by atoms with van der Waals surface area (Å²) in [6.07, 6.45) is 6.98. The summed E-state index contributed by atoms with van der Waals surface area (Å²) >= 11 is 0. The number of nitrogens with two attached hydrogens (primary N) is 1. The highest BCUT2D eigenvalue weighted by molar-refractivity contribution is 5.84. The van der Waals surface area contributed by atoms with Crippen LogP contribution in [0.3, 0.4) is 0 Å². The number of amides is 1. The molecule has 1 fully saturated rings. The Balaban J connectivity index is 1.78. The van der Waals surface area contributed by atoms with Crippen molar-refractivity contribution in [2.24, 2.45) is 5.73 Å². The first kappa shape index (κ1) is 14.1. The van der Waals surface area contributed by atoms with E-state index in [1.165, 1.54) is 6.42 Å². The minimum absolute atomic E-state index is 0.234. The zero-order chi connectivity index (χ0) is 14.9. The Morgan fingerprint density at radius 3 is 2.81 bits per heavy atom. The molecule has 2 aromatic heterocycles. The van der Waals surface area contributed by atoms with Crippen molar-refractivity contribution in [3.63, 3.8) is 0 Å². The molecule has 3 N–H and O–H groups in total. The fourth-order valence-corrected chi connectivity index (χ4v) is 3.21. The number of aromatic nitrogens is 2. The number of carbonyl (C=O) groups is 1. The Morgan fingerprint density at radius 2 is 2.14 bits per heavy atom. The number of nitrogens with one attached hydrogen (secondary N) is 1. The first-order valence-electron chi connectivity index (χ1n) is 7.59. The molecular formula is C16H22N4O. The summed E-state index contributed by atoms with van der Waals surface area (Å²) in [5.41, 5.74) is 8.11. The third-order valence-electron chi connectivity index (χ3n) is 4.53. The molecule has 3 rings (SSSR count). The van der Waals surface area contributed by atoms with Crippen LogP contribution in [-0.4, -0.2) is 20.8 Å². The quantitative estimate of drug-likeness (QED) is 0.902. The van der Waals surface area contributed by atoms with E-state index in [2.05, 4.69) is 27.7 Å². The van der Waals surface area contributed by atoms with Crippen molar-refractivity contribution >= 4 is 11.6 Å². The topological polar surface area (TPSA) is 72.4 Å². The van der Waals surface area contributed by atoms with E-state index in [1.54, 1.807) is 0 Å². The average molecular weight is 286 g/mol. The van der Waals surface area contributed by atoms with E-state index >= 15 is 0 Å². The van der Waals surface area contributed by atoms with E-state index in [1.807, 2.05) is 18.3 Å². The number of aryl methyl sites for hydroxylation is 1. The number of primary amides is 1. The van der Waals surface area contributed by atoms with Crippen molar-refractivity contribution in [1.82, 2.24) is 14.7 Å². The Kier molecular flexibility index (Phi) is 3.68. The molecule has 0 radical (unpaired) electrons. The minimum atomic E-state index is -0.552. The molecule has 0 atom stereocenters. The Hall–Kier alpha value is -1.88. The molecule has 0 bridgehead atoms. The molecule has 2 aromatic rings. The lowest BCUT2D eigenvalue weighted by Gasteiger charge is -2.35. The molecule has 5 nitrogen and oxygen atoms in total. The Labute approximate surface area is 124 Å². The Bertz CT molecular complexity index is 655. The number of nitrogens with zero attached hydrogens (tertiary/aromatic N) is 2. The monoisotopic (exact) mass is 286 g/mol. The second kappa shape index (κ2) is 5.48. The van der Waals surface area contributed by atoms with Gasteiger partial charge in [0.2, 0.25) is 5.91 Å². The molecule has 1 aliphatic rings. The molecule has 5 heteroatoms. The molecule has 1 aliphatic carbocycles. The van der Waals surface area contributed by atoms with Gasteiger partial charge >= 0.3 is 0 Å². The number of rotatable bonds is 4. The normalized spacial score (nSPS) is 18.0. The van der Waals surface area contributed by atoms with Crippen LogP contribution < -0.4 is 11.1 Å². The van der Waals surface area contributed by atoms with Gasteiger partial charge in [0.05, 0.1) is 11.2 Å². The van der Waals surface area contributed by atoms with E-state index in [9.17, 15) is 4.79 Å². The van der Waals surface area contributed by atoms with Gasteiger partial charge in [0.15, 0.2) is 0 Å². The fraction of sp³-hybridized carbons (Fsp3) is 0.500. The van der Waals surface area contributed by atoms with Gasteiger partial charge in [-0.15, -0.1) is 0 Å². The molecule has 0 spiro atoms. The highest BCUT2D eigenvalue weighted by atomic mass is 16.1. The number of hydrogen-bond donors (Lipinski definition) is 2. The maximum atomic E-state index is 11.9. The van der Waals surface area contributed by atoms with Crippen LogP contribution in [0.5, 0.6) is 0 Å². The van der Waals surface area contributed by atoms with Crippen molar-refractivity contribution in [1.29, 1.82) is 0 Å². The van der Waals surface area contributed by atoms with Gasteiger partial charge in [0, 0.05) is 18.4 Å². The molecule has 21 heavy (non-hydrogen) atoms. The summed E-state index contributed by atoms with van der Waals surface area (Å²) in [5.74, 6) is -0.234. The summed E-state index contributed by atoms with van der Waals surface area (Å²) in [6.45, 7) is 2.63. The van der Waals surface area contributed by atoms with E-state index in [4.69, 9.17) is 5.73 Å². The molecule has 0 aliphatic heterocycles. The minimum Gasteiger partial charge on any atom is -0.368 e. The molecule has 0 saturated heterocycles. The van der Waals surface area contributed by atoms with Crippen molar-refractivity contribution in [3.8, 4) is 0 Å². The SMILES string of the molecule is Cc1cccc2nc(CNC3(C(N)=O)CCCCC3)cn12. The predicted molar refractivity (Wildman–Crippen MR) is 81.8 cm³/mol. The zero-order valence-corrected chi connectivity index (χ0v) is 12.4. The summed E-state index contributed by atoms with van der Waals surface area (Å²) in [5, 5.41) is 3.38. The van der Waals surface area contributed by atoms with Crippen LogP contribution in [0.4, 0.5) is 0 Å². The third-order valence-corrected chi connectivity index (χ3v) is 4.53. The summed E-state index contributed by atoms with van der Waals surface area (Å²) in [7, 11) is 0. The van der Waals surface area contributed by atoms with Crippen molar-refractivity contribution < 1.29 is 4.79 Å². The van der Waals surface area contributed by atoms with Gasteiger partial charge in [-0.25, -0.2) is 4.98 Å². The number of hydrogen-bond acceptors (Lipinski definition) is 3. The largest absolute Gasteiger partial charge is 0.368 e. The van der Waals surface area contributed by atoms with Crippen LogP contribution in [0, 0.1) is 6.92 Å². The van der Waals surface area contributed by atoms with Crippen LogP contribution in [0.15, 0.2) is 24.4 Å². The molecule has 1 amide bonds. The van der Waals surface area contributed by atoms with Gasteiger partial charge < -0.3 is 10.1 Å². The fourth-order valence-electron chi connectivity index (χ4n) is 3.21. The predicted octanol–water partition coefficient (Wildman–Crippen LogP) is 1.92. The van der Waals surface area contributed by atoms with E-state index < -0.39 is 5.54 Å². The van der Waals surface area contributed by atoms with Gasteiger partial charge in [0.25, 0.3) is 0 Å². The number of fused-ring (bicyclic) bond motifs is 1. The summed E-state index contributed by atoms with van der Waals surface area (Å²) in [4.78, 5) is 16.5. The van der Waals surface area contributed by atoms with Crippen molar-refractivity contribution in [2.75, 3.05) is 0 Å². The number of imidazole rings is 1. The first-order chi connectivity index (χ1) is 10.1. The lowest BCUT2D eigenvalue weighted by Crippen LogP contribution is -2.56. The van der Waals surface area contributed by atoms with Crippen LogP contribution >= 0.6 is 0 Å². The number of pyridine rings is 1. The number of carbonyl (C=O) groups excluding carboxylic acids is 1. The van der Waals surface area contributed by atoms with Gasteiger partial charge in [-0.05, 0) is 31.9 Å². The maximum Gasteiger partial charge on any atom is 0.237 e. The van der Waals surface area contributed by atoms with Crippen LogP contribution in [0.1, 0.15) is 43.5 Å². The van der Waals surface area contributed by atoms with Crippen LogP contribution in [-0.2, 0) is 11.3 Å². The first-order valence-corrected chi connectivity index (χ1v) is 7.59. The second-order valence-corrected chi connectivity index (χ2v) is 5.99. The van der Waals surface area contributed by atoms with Crippen LogP contribution in [0.2, 0.25) is 0 Å². The maximum absolute atomic E-state index is 11.9. The van der Waals surface area contributed by atoms with E-state index in [0.29, 0.717) is 6.54 Å². The Morgan fingerprint density at radius 1 is 1.38 bits per heavy atom. The van der Waals surface area contributed by atoms with Crippen LogP contribution in [0.25, 0.3) is 5.65 Å². The van der Waals surface area contributed by atoms with E-state index in [0.717, 1.165) is 42.7 Å². The van der Waals surface area contributed by atoms with Gasteiger partial charge in [-0.3, -0.25) is 10.1 Å². The highest BCUT2D eigenvalue weighted by Gasteiger charge is 2.37.